The highest BCUT2D eigenvalue weighted by molar-refractivity contribution is 5.93. The van der Waals surface area contributed by atoms with E-state index in [2.05, 4.69) is 0 Å². The summed E-state index contributed by atoms with van der Waals surface area (Å²) in [6.45, 7) is 3.25. The number of nitrogens with zero attached hydrogens (tertiary/aromatic N) is 1. The molecule has 0 saturated carbocycles. The molecule has 0 aromatic carbocycles. The first kappa shape index (κ1) is 13.9. The molecule has 5 nitrogen and oxygen atoms in total. The van der Waals surface area contributed by atoms with E-state index in [1.54, 1.807) is 0 Å². The third-order valence-electron chi connectivity index (χ3n) is 2.80. The summed E-state index contributed by atoms with van der Waals surface area (Å²) in [5.41, 5.74) is 0. The molecule has 1 fully saturated rings. The van der Waals surface area contributed by atoms with E-state index < -0.39 is 24.8 Å². The van der Waals surface area contributed by atoms with Crippen LogP contribution in [0.1, 0.15) is 26.7 Å². The summed E-state index contributed by atoms with van der Waals surface area (Å²) in [7, 11) is 0. The lowest BCUT2D eigenvalue weighted by molar-refractivity contribution is -0.131. The molecule has 0 radical (unpaired) electrons. The molecular weight excluding hydrogens is 229 g/mol. The number of rotatable bonds is 5. The van der Waals surface area contributed by atoms with Crippen LogP contribution in [0, 0.1) is 5.92 Å². The normalized spacial score (nSPS) is 21.8. The van der Waals surface area contributed by atoms with Crippen molar-refractivity contribution in [1.82, 2.24) is 4.90 Å². The van der Waals surface area contributed by atoms with Gasteiger partial charge in [-0.25, -0.2) is 9.69 Å². The molecule has 0 spiro atoms. The van der Waals surface area contributed by atoms with Gasteiger partial charge in [0.05, 0.1) is 25.2 Å². The van der Waals surface area contributed by atoms with E-state index >= 15 is 0 Å². The third kappa shape index (κ3) is 3.39. The van der Waals surface area contributed by atoms with Crippen LogP contribution >= 0.6 is 0 Å². The number of aliphatic hydroxyl groups is 1. The Hall–Kier alpha value is -1.17. The number of amides is 2. The van der Waals surface area contributed by atoms with E-state index in [0.717, 1.165) is 4.90 Å². The predicted octanol–water partition coefficient (Wildman–Crippen LogP) is 1.10. The summed E-state index contributed by atoms with van der Waals surface area (Å²) in [6, 6.07) is -0.299. The van der Waals surface area contributed by atoms with Gasteiger partial charge in [-0.05, 0) is 5.92 Å². The molecule has 2 amide bonds. The van der Waals surface area contributed by atoms with Crippen molar-refractivity contribution in [3.8, 4) is 0 Å². The SMILES string of the molecule is CC(C)[C@H]1COC(=O)N1C(=O)C[C@H](O)CCF. The Morgan fingerprint density at radius 2 is 2.29 bits per heavy atom. The molecule has 2 atom stereocenters. The molecule has 0 unspecified atom stereocenters. The van der Waals surface area contributed by atoms with E-state index in [-0.39, 0.29) is 31.4 Å². The van der Waals surface area contributed by atoms with Gasteiger partial charge in [-0.2, -0.15) is 0 Å². The highest BCUT2D eigenvalue weighted by atomic mass is 19.1. The van der Waals surface area contributed by atoms with Gasteiger partial charge in [-0.15, -0.1) is 0 Å². The fourth-order valence-electron chi connectivity index (χ4n) is 1.74. The number of hydrogen-bond acceptors (Lipinski definition) is 4. The Morgan fingerprint density at radius 3 is 2.82 bits per heavy atom. The number of cyclic esters (lactones) is 1. The van der Waals surface area contributed by atoms with Crippen LogP contribution in [0.3, 0.4) is 0 Å². The standard InChI is InChI=1S/C11H18FNO4/c1-7(2)9-6-17-11(16)13(9)10(15)5-8(14)3-4-12/h7-9,14H,3-6H2,1-2H3/t8-,9-/m1/s1. The van der Waals surface area contributed by atoms with Crippen LogP contribution in [0.2, 0.25) is 0 Å². The van der Waals surface area contributed by atoms with E-state index in [1.807, 2.05) is 13.8 Å². The number of aliphatic hydroxyl groups excluding tert-OH is 1. The molecule has 1 rings (SSSR count). The number of hydrogen-bond donors (Lipinski definition) is 1. The average molecular weight is 247 g/mol. The van der Waals surface area contributed by atoms with E-state index in [4.69, 9.17) is 4.74 Å². The maximum Gasteiger partial charge on any atom is 0.416 e. The Labute approximate surface area is 99.5 Å². The highest BCUT2D eigenvalue weighted by Crippen LogP contribution is 2.21. The van der Waals surface area contributed by atoms with E-state index in [0.29, 0.717) is 0 Å². The minimum absolute atomic E-state index is 0.0868. The molecule has 0 aliphatic carbocycles. The summed E-state index contributed by atoms with van der Waals surface area (Å²) in [4.78, 5) is 24.2. The average Bonchev–Trinajstić information content (AvgIpc) is 2.60. The van der Waals surface area contributed by atoms with Crippen molar-refractivity contribution < 1.29 is 23.8 Å². The van der Waals surface area contributed by atoms with Gasteiger partial charge in [-0.3, -0.25) is 9.18 Å². The van der Waals surface area contributed by atoms with Crippen molar-refractivity contribution >= 4 is 12.0 Å². The van der Waals surface area contributed by atoms with Crippen molar-refractivity contribution in [3.63, 3.8) is 0 Å². The number of carbonyl (C=O) groups is 2. The third-order valence-corrected chi connectivity index (χ3v) is 2.80. The van der Waals surface area contributed by atoms with Gasteiger partial charge in [0.1, 0.15) is 6.61 Å². The number of ether oxygens (including phenoxy) is 1. The second-order valence-corrected chi connectivity index (χ2v) is 4.49. The lowest BCUT2D eigenvalue weighted by atomic mass is 10.0. The van der Waals surface area contributed by atoms with Crippen LogP contribution < -0.4 is 0 Å². The number of halogens is 1. The molecule has 17 heavy (non-hydrogen) atoms. The first-order chi connectivity index (χ1) is 7.97. The molecular formula is C11H18FNO4. The van der Waals surface area contributed by atoms with E-state index in [9.17, 15) is 19.1 Å². The van der Waals surface area contributed by atoms with Crippen LogP contribution in [0.5, 0.6) is 0 Å². The summed E-state index contributed by atoms with van der Waals surface area (Å²) in [5, 5.41) is 9.35. The maximum absolute atomic E-state index is 12.0. The van der Waals surface area contributed by atoms with Crippen molar-refractivity contribution in [2.45, 2.75) is 38.8 Å². The number of alkyl halides is 1. The van der Waals surface area contributed by atoms with E-state index in [1.165, 1.54) is 0 Å². The predicted molar refractivity (Wildman–Crippen MR) is 58.0 cm³/mol. The quantitative estimate of drug-likeness (QED) is 0.790. The minimum atomic E-state index is -1.05. The van der Waals surface area contributed by atoms with Crippen LogP contribution in [-0.4, -0.2) is 47.4 Å². The molecule has 1 aliphatic heterocycles. The lowest BCUT2D eigenvalue weighted by Crippen LogP contribution is -2.43. The Morgan fingerprint density at radius 1 is 1.65 bits per heavy atom. The highest BCUT2D eigenvalue weighted by Gasteiger charge is 2.39. The van der Waals surface area contributed by atoms with Crippen LogP contribution in [0.25, 0.3) is 0 Å². The van der Waals surface area contributed by atoms with Gasteiger partial charge < -0.3 is 9.84 Å². The fraction of sp³-hybridized carbons (Fsp3) is 0.818. The van der Waals surface area contributed by atoms with Gasteiger partial charge in [0, 0.05) is 6.42 Å². The zero-order valence-electron chi connectivity index (χ0n) is 10.1. The van der Waals surface area contributed by atoms with Gasteiger partial charge in [0.15, 0.2) is 0 Å². The van der Waals surface area contributed by atoms with Crippen molar-refractivity contribution in [1.29, 1.82) is 0 Å². The topological polar surface area (TPSA) is 66.8 Å². The lowest BCUT2D eigenvalue weighted by Gasteiger charge is -2.23. The second-order valence-electron chi connectivity index (χ2n) is 4.49. The van der Waals surface area contributed by atoms with Gasteiger partial charge in [0.25, 0.3) is 0 Å². The molecule has 1 aliphatic rings. The van der Waals surface area contributed by atoms with Crippen LogP contribution in [-0.2, 0) is 9.53 Å². The number of carbonyl (C=O) groups excluding carboxylic acids is 2. The Bertz CT molecular complexity index is 295. The monoisotopic (exact) mass is 247 g/mol. The molecule has 98 valence electrons. The maximum atomic E-state index is 12.0. The molecule has 0 aromatic rings. The van der Waals surface area contributed by atoms with Crippen LogP contribution in [0.4, 0.5) is 9.18 Å². The van der Waals surface area contributed by atoms with Crippen molar-refractivity contribution in [3.05, 3.63) is 0 Å². The van der Waals surface area contributed by atoms with Gasteiger partial charge >= 0.3 is 6.09 Å². The molecule has 1 heterocycles. The molecule has 0 aromatic heterocycles. The molecule has 1 N–H and O–H groups in total. The Balaban J connectivity index is 2.62. The van der Waals surface area contributed by atoms with Gasteiger partial charge in [0.2, 0.25) is 5.91 Å². The second kappa shape index (κ2) is 5.95. The zero-order chi connectivity index (χ0) is 13.0. The van der Waals surface area contributed by atoms with Crippen molar-refractivity contribution in [2.24, 2.45) is 5.92 Å². The molecule has 6 heteroatoms. The zero-order valence-corrected chi connectivity index (χ0v) is 10.1. The molecule has 1 saturated heterocycles. The summed E-state index contributed by atoms with van der Waals surface area (Å²) >= 11 is 0. The summed E-state index contributed by atoms with van der Waals surface area (Å²) in [5.74, 6) is -0.420. The summed E-state index contributed by atoms with van der Waals surface area (Å²) in [6.07, 6.45) is -2.07. The van der Waals surface area contributed by atoms with Crippen LogP contribution in [0.15, 0.2) is 0 Å². The Kier molecular flexibility index (Phi) is 4.86. The first-order valence-electron chi connectivity index (χ1n) is 5.70. The van der Waals surface area contributed by atoms with Crippen molar-refractivity contribution in [2.75, 3.05) is 13.3 Å². The summed E-state index contributed by atoms with van der Waals surface area (Å²) < 4.78 is 16.8. The van der Waals surface area contributed by atoms with Gasteiger partial charge in [-0.1, -0.05) is 13.8 Å². The molecule has 0 bridgehead atoms. The number of imide groups is 1. The largest absolute Gasteiger partial charge is 0.447 e. The smallest absolute Gasteiger partial charge is 0.416 e. The minimum Gasteiger partial charge on any atom is -0.447 e. The fourth-order valence-corrected chi connectivity index (χ4v) is 1.74. The first-order valence-corrected chi connectivity index (χ1v) is 5.70.